The maximum Gasteiger partial charge on any atom is 0.295 e. The molecule has 168 valence electrons. The number of carbonyl (C=O) groups is 2. The van der Waals surface area contributed by atoms with E-state index < -0.39 is 6.04 Å². The Morgan fingerprint density at radius 3 is 2.75 bits per heavy atom. The summed E-state index contributed by atoms with van der Waals surface area (Å²) in [5, 5.41) is 4.09. The minimum Gasteiger partial charge on any atom is -0.494 e. The third-order valence-corrected chi connectivity index (χ3v) is 6.88. The predicted octanol–water partition coefficient (Wildman–Crippen LogP) is 4.52. The number of aryl methyl sites for hydroxylation is 1. The van der Waals surface area contributed by atoms with Crippen LogP contribution in [0, 0.1) is 18.8 Å². The van der Waals surface area contributed by atoms with E-state index in [0.717, 1.165) is 31.2 Å². The molecule has 1 aliphatic carbocycles. The van der Waals surface area contributed by atoms with Crippen molar-refractivity contribution in [3.8, 4) is 5.75 Å². The van der Waals surface area contributed by atoms with Crippen molar-refractivity contribution in [2.24, 2.45) is 11.8 Å². The third kappa shape index (κ3) is 3.31. The van der Waals surface area contributed by atoms with E-state index in [-0.39, 0.29) is 29.5 Å². The van der Waals surface area contributed by atoms with E-state index in [1.807, 2.05) is 31.2 Å². The van der Waals surface area contributed by atoms with Crippen LogP contribution in [0.1, 0.15) is 56.9 Å². The molecule has 4 atom stereocenters. The van der Waals surface area contributed by atoms with Gasteiger partial charge in [0.15, 0.2) is 17.4 Å². The number of carbonyl (C=O) groups excluding carboxylic acids is 2. The van der Waals surface area contributed by atoms with Gasteiger partial charge in [0, 0.05) is 6.07 Å². The van der Waals surface area contributed by atoms with Crippen LogP contribution in [0.25, 0.3) is 0 Å². The normalized spacial score (nSPS) is 27.3. The van der Waals surface area contributed by atoms with Crippen LogP contribution in [0.2, 0.25) is 0 Å². The lowest BCUT2D eigenvalue weighted by atomic mass is 9.73. The molecule has 0 spiro atoms. The van der Waals surface area contributed by atoms with Crippen molar-refractivity contribution in [1.82, 2.24) is 5.16 Å². The van der Waals surface area contributed by atoms with Gasteiger partial charge < -0.3 is 14.0 Å². The smallest absolute Gasteiger partial charge is 0.295 e. The van der Waals surface area contributed by atoms with Crippen LogP contribution in [0.15, 0.2) is 46.2 Å². The standard InChI is InChI=1S/C25H28N2O5/c1-4-15-9-10-19-18(12-15)23(28)21-22(16-7-6-8-17(13-16)30-5-2)27(25(29)24(21)31-19)20-11-14(3)32-26-20/h6-8,11,13,15,18-19,22H,4-5,9-10,12H2,1-3H3. The van der Waals surface area contributed by atoms with Crippen molar-refractivity contribution >= 4 is 17.5 Å². The van der Waals surface area contributed by atoms with Gasteiger partial charge in [-0.05, 0) is 56.7 Å². The Balaban J connectivity index is 1.61. The Morgan fingerprint density at radius 2 is 2.03 bits per heavy atom. The van der Waals surface area contributed by atoms with Gasteiger partial charge in [-0.1, -0.05) is 30.6 Å². The average molecular weight is 437 g/mol. The second-order valence-corrected chi connectivity index (χ2v) is 8.84. The zero-order valence-corrected chi connectivity index (χ0v) is 18.7. The second kappa shape index (κ2) is 8.11. The SMILES string of the molecule is CCOc1cccc(C2C3=C(OC4CCC(CC)CC4C3=O)C(=O)N2c2cc(C)on2)c1. The van der Waals surface area contributed by atoms with Gasteiger partial charge in [-0.2, -0.15) is 0 Å². The molecule has 7 nitrogen and oxygen atoms in total. The molecular formula is C25H28N2O5. The van der Waals surface area contributed by atoms with Gasteiger partial charge in [0.1, 0.15) is 17.6 Å². The fourth-order valence-electron chi connectivity index (χ4n) is 5.28. The highest BCUT2D eigenvalue weighted by Gasteiger charge is 2.53. The maximum atomic E-state index is 13.8. The van der Waals surface area contributed by atoms with Gasteiger partial charge in [0.25, 0.3) is 5.91 Å². The summed E-state index contributed by atoms with van der Waals surface area (Å²) in [7, 11) is 0. The lowest BCUT2D eigenvalue weighted by Crippen LogP contribution is -2.41. The van der Waals surface area contributed by atoms with E-state index >= 15 is 0 Å². The van der Waals surface area contributed by atoms with Crippen LogP contribution in [-0.4, -0.2) is 29.6 Å². The largest absolute Gasteiger partial charge is 0.494 e. The Bertz CT molecular complexity index is 1090. The zero-order valence-electron chi connectivity index (χ0n) is 18.7. The molecule has 1 saturated carbocycles. The number of aromatic nitrogens is 1. The number of fused-ring (bicyclic) bond motifs is 1. The summed E-state index contributed by atoms with van der Waals surface area (Å²) in [5.74, 6) is 1.80. The lowest BCUT2D eigenvalue weighted by Gasteiger charge is -2.38. The van der Waals surface area contributed by atoms with Gasteiger partial charge in [-0.25, -0.2) is 0 Å². The number of nitrogens with zero attached hydrogens (tertiary/aromatic N) is 2. The number of Topliss-reactive ketones (excluding diaryl/α,β-unsaturated/α-hetero) is 1. The number of ketones is 1. The van der Waals surface area contributed by atoms with Gasteiger partial charge in [-0.15, -0.1) is 0 Å². The van der Waals surface area contributed by atoms with Crippen LogP contribution in [0.5, 0.6) is 5.75 Å². The molecule has 1 fully saturated rings. The maximum absolute atomic E-state index is 13.8. The van der Waals surface area contributed by atoms with E-state index in [0.29, 0.717) is 35.4 Å². The molecule has 3 heterocycles. The van der Waals surface area contributed by atoms with Crippen LogP contribution in [0.4, 0.5) is 5.82 Å². The summed E-state index contributed by atoms with van der Waals surface area (Å²) >= 11 is 0. The Kier molecular flexibility index (Phi) is 5.27. The van der Waals surface area contributed by atoms with E-state index in [2.05, 4.69) is 12.1 Å². The number of benzene rings is 1. The van der Waals surface area contributed by atoms with E-state index in [1.54, 1.807) is 13.0 Å². The fourth-order valence-corrected chi connectivity index (χ4v) is 5.28. The van der Waals surface area contributed by atoms with Gasteiger partial charge in [-0.3, -0.25) is 14.5 Å². The predicted molar refractivity (Wildman–Crippen MR) is 117 cm³/mol. The number of rotatable bonds is 5. The number of anilines is 1. The topological polar surface area (TPSA) is 81.9 Å². The summed E-state index contributed by atoms with van der Waals surface area (Å²) in [6.45, 7) is 6.38. The number of hydrogen-bond acceptors (Lipinski definition) is 6. The summed E-state index contributed by atoms with van der Waals surface area (Å²) in [5.41, 5.74) is 1.22. The van der Waals surface area contributed by atoms with Crippen LogP contribution < -0.4 is 9.64 Å². The summed E-state index contributed by atoms with van der Waals surface area (Å²) in [4.78, 5) is 28.9. The van der Waals surface area contributed by atoms with E-state index in [1.165, 1.54) is 4.90 Å². The first kappa shape index (κ1) is 20.8. The summed E-state index contributed by atoms with van der Waals surface area (Å²) < 4.78 is 17.2. The quantitative estimate of drug-likeness (QED) is 0.686. The first-order valence-electron chi connectivity index (χ1n) is 11.5. The van der Waals surface area contributed by atoms with Crippen LogP contribution >= 0.6 is 0 Å². The minimum atomic E-state index is -0.627. The van der Waals surface area contributed by atoms with E-state index in [9.17, 15) is 9.59 Å². The minimum absolute atomic E-state index is 0.0253. The molecule has 32 heavy (non-hydrogen) atoms. The lowest BCUT2D eigenvalue weighted by molar-refractivity contribution is -0.132. The molecule has 2 aliphatic heterocycles. The summed E-state index contributed by atoms with van der Waals surface area (Å²) in [6, 6.07) is 8.61. The fraction of sp³-hybridized carbons (Fsp3) is 0.480. The molecule has 0 bridgehead atoms. The van der Waals surface area contributed by atoms with Crippen molar-refractivity contribution in [2.45, 2.75) is 58.6 Å². The molecular weight excluding hydrogens is 408 g/mol. The van der Waals surface area contributed by atoms with Crippen molar-refractivity contribution in [1.29, 1.82) is 0 Å². The highest BCUT2D eigenvalue weighted by atomic mass is 16.5. The number of amides is 1. The molecule has 0 saturated heterocycles. The number of ether oxygens (including phenoxy) is 2. The monoisotopic (exact) mass is 436 g/mol. The molecule has 7 heteroatoms. The molecule has 1 aromatic heterocycles. The first-order chi connectivity index (χ1) is 15.5. The van der Waals surface area contributed by atoms with Crippen LogP contribution in [-0.2, 0) is 14.3 Å². The average Bonchev–Trinajstić information content (AvgIpc) is 3.35. The Hall–Kier alpha value is -3.09. The second-order valence-electron chi connectivity index (χ2n) is 8.84. The number of hydrogen-bond donors (Lipinski definition) is 0. The highest BCUT2D eigenvalue weighted by Crippen LogP contribution is 2.49. The molecule has 4 unspecified atom stereocenters. The third-order valence-electron chi connectivity index (χ3n) is 6.88. The molecule has 0 radical (unpaired) electrons. The Morgan fingerprint density at radius 1 is 1.19 bits per heavy atom. The Labute approximate surface area is 187 Å². The molecule has 3 aliphatic rings. The highest BCUT2D eigenvalue weighted by molar-refractivity contribution is 6.17. The van der Waals surface area contributed by atoms with Crippen LogP contribution in [0.3, 0.4) is 0 Å². The van der Waals surface area contributed by atoms with Gasteiger partial charge in [0.2, 0.25) is 0 Å². The zero-order chi connectivity index (χ0) is 22.4. The van der Waals surface area contributed by atoms with Crippen molar-refractivity contribution < 1.29 is 23.6 Å². The molecule has 0 N–H and O–H groups in total. The molecule has 1 aromatic carbocycles. The first-order valence-corrected chi connectivity index (χ1v) is 11.5. The molecule has 5 rings (SSSR count). The van der Waals surface area contributed by atoms with Crippen molar-refractivity contribution in [3.05, 3.63) is 53.0 Å². The van der Waals surface area contributed by atoms with Crippen molar-refractivity contribution in [2.75, 3.05) is 11.5 Å². The van der Waals surface area contributed by atoms with Gasteiger partial charge in [0.05, 0.1) is 24.1 Å². The van der Waals surface area contributed by atoms with Crippen molar-refractivity contribution in [3.63, 3.8) is 0 Å². The van der Waals surface area contributed by atoms with E-state index in [4.69, 9.17) is 14.0 Å². The summed E-state index contributed by atoms with van der Waals surface area (Å²) in [6.07, 6.45) is 3.44. The molecule has 2 aromatic rings. The van der Waals surface area contributed by atoms with Gasteiger partial charge >= 0.3 is 0 Å². The molecule has 1 amide bonds.